The Balaban J connectivity index is 1.24. The molecule has 0 radical (unpaired) electrons. The van der Waals surface area contributed by atoms with E-state index in [1.807, 2.05) is 115 Å². The zero-order valence-electron chi connectivity index (χ0n) is 44.6. The second kappa shape index (κ2) is 14.9. The van der Waals surface area contributed by atoms with Gasteiger partial charge in [0.15, 0.2) is 17.5 Å². The van der Waals surface area contributed by atoms with Crippen LogP contribution in [0.15, 0.2) is 218 Å². The van der Waals surface area contributed by atoms with E-state index in [2.05, 4.69) is 24.3 Å². The Labute approximate surface area is 379 Å². The van der Waals surface area contributed by atoms with Crippen LogP contribution in [0, 0.1) is 0 Å². The lowest BCUT2D eigenvalue weighted by molar-refractivity contribution is 1.07. The highest BCUT2D eigenvalue weighted by atomic mass is 32.1. The average Bonchev–Trinajstić information content (AvgIpc) is 4.00. The molecule has 5 heteroatoms. The lowest BCUT2D eigenvalue weighted by atomic mass is 9.95. The van der Waals surface area contributed by atoms with Gasteiger partial charge >= 0.3 is 0 Å². The van der Waals surface area contributed by atoms with Crippen molar-refractivity contribution in [3.05, 3.63) is 218 Å². The standard InChI is InChI=1S/C57H36N4S/c1-4-16-37(17-5-1)40-22-14-23-42(34-40)44-26-15-27-48(54(44)61-50-28-12-10-24-45(50)49-35-41(31-33-51(49)61)38-18-6-2-7-19-38)57-59-55(39-20-8-3-9-21-39)58-56(60-57)43-30-32-47-46-25-11-13-29-52(46)62-53(47)36-43/h1-36H/i2D,6D,7D,10D,12D,18D,19D,24D,28D,31D,33D,35D. The molecule has 3 heterocycles. The molecule has 0 saturated heterocycles. The van der Waals surface area contributed by atoms with Crippen molar-refractivity contribution in [2.24, 2.45) is 0 Å². The van der Waals surface area contributed by atoms with Gasteiger partial charge in [-0.25, -0.2) is 15.0 Å². The predicted octanol–water partition coefficient (Wildman–Crippen LogP) is 15.3. The molecule has 0 aliphatic carbocycles. The first kappa shape index (κ1) is 25.6. The number of hydrogen-bond donors (Lipinski definition) is 0. The molecule has 0 spiro atoms. The van der Waals surface area contributed by atoms with Crippen molar-refractivity contribution in [1.82, 2.24) is 19.5 Å². The summed E-state index contributed by atoms with van der Waals surface area (Å²) in [7, 11) is 0. The second-order valence-electron chi connectivity index (χ2n) is 14.7. The zero-order chi connectivity index (χ0) is 51.4. The van der Waals surface area contributed by atoms with Crippen LogP contribution in [0.4, 0.5) is 0 Å². The molecule has 0 fully saturated rings. The van der Waals surface area contributed by atoms with Crippen LogP contribution < -0.4 is 0 Å². The monoisotopic (exact) mass is 820 g/mol. The maximum absolute atomic E-state index is 9.93. The minimum Gasteiger partial charge on any atom is -0.308 e. The Kier molecular flexibility index (Phi) is 6.16. The van der Waals surface area contributed by atoms with Gasteiger partial charge < -0.3 is 4.57 Å². The third kappa shape index (κ3) is 6.18. The summed E-state index contributed by atoms with van der Waals surface area (Å²) in [6.07, 6.45) is 0. The van der Waals surface area contributed by atoms with E-state index in [1.54, 1.807) is 17.4 Å². The molecule has 0 saturated carbocycles. The summed E-state index contributed by atoms with van der Waals surface area (Å²) in [4.78, 5) is 15.4. The minimum absolute atomic E-state index is 0.133. The Morgan fingerprint density at radius 3 is 1.87 bits per heavy atom. The zero-order valence-corrected chi connectivity index (χ0v) is 33.4. The fourth-order valence-electron chi connectivity index (χ4n) is 8.14. The molecule has 12 aromatic rings. The van der Waals surface area contributed by atoms with Crippen molar-refractivity contribution < 1.29 is 16.4 Å². The quantitative estimate of drug-likeness (QED) is 0.161. The van der Waals surface area contributed by atoms with Gasteiger partial charge in [0.1, 0.15) is 0 Å². The van der Waals surface area contributed by atoms with Crippen LogP contribution in [-0.4, -0.2) is 19.5 Å². The van der Waals surface area contributed by atoms with Crippen LogP contribution in [0.1, 0.15) is 16.4 Å². The summed E-state index contributed by atoms with van der Waals surface area (Å²) in [5.74, 6) is 0.836. The van der Waals surface area contributed by atoms with Gasteiger partial charge in [0.25, 0.3) is 0 Å². The molecular weight excluding hydrogens is 773 g/mol. The molecule has 0 unspecified atom stereocenters. The summed E-state index contributed by atoms with van der Waals surface area (Å²) < 4.78 is 113. The normalized spacial score (nSPS) is 14.3. The van der Waals surface area contributed by atoms with Crippen molar-refractivity contribution in [2.75, 3.05) is 0 Å². The summed E-state index contributed by atoms with van der Waals surface area (Å²) in [5, 5.41) is 1.85. The number of rotatable bonds is 7. The van der Waals surface area contributed by atoms with Gasteiger partial charge in [-0.2, -0.15) is 0 Å². The highest BCUT2D eigenvalue weighted by Gasteiger charge is 2.23. The number of benzene rings is 9. The largest absolute Gasteiger partial charge is 0.308 e. The number of nitrogens with zero attached hydrogens (tertiary/aromatic N) is 4. The van der Waals surface area contributed by atoms with Gasteiger partial charge in [0.05, 0.1) is 33.2 Å². The molecule has 9 aromatic carbocycles. The number of fused-ring (bicyclic) bond motifs is 6. The molecule has 0 aliphatic heterocycles. The van der Waals surface area contributed by atoms with Crippen molar-refractivity contribution in [3.63, 3.8) is 0 Å². The molecule has 0 bridgehead atoms. The number of thiophene rings is 1. The Morgan fingerprint density at radius 1 is 0.371 bits per heavy atom. The van der Waals surface area contributed by atoms with Crippen LogP contribution in [0.3, 0.4) is 0 Å². The SMILES string of the molecule is [2H]c1c([2H])c([2H])c(-c2c([2H])c([2H])c3c(c2[2H])c2c([2H])c([2H])c([2H])c([2H])c2n3-c2c(-c3cccc(-c4ccccc4)c3)cccc2-c2nc(-c3ccccc3)nc(-c3ccc4c(c3)sc3ccccc34)n2)c([2H])c1[2H]. The molecule has 4 nitrogen and oxygen atoms in total. The average molecular weight is 821 g/mol. The maximum atomic E-state index is 9.93. The molecule has 0 atom stereocenters. The van der Waals surface area contributed by atoms with E-state index in [0.717, 1.165) is 31.3 Å². The van der Waals surface area contributed by atoms with Gasteiger partial charge in [0.2, 0.25) is 0 Å². The number of hydrogen-bond acceptors (Lipinski definition) is 4. The smallest absolute Gasteiger partial charge is 0.166 e. The highest BCUT2D eigenvalue weighted by molar-refractivity contribution is 7.25. The van der Waals surface area contributed by atoms with E-state index in [9.17, 15) is 6.85 Å². The molecule has 62 heavy (non-hydrogen) atoms. The van der Waals surface area contributed by atoms with Crippen molar-refractivity contribution >= 4 is 53.3 Å². The Morgan fingerprint density at radius 2 is 1.02 bits per heavy atom. The molecular formula is C57H36N4S. The Bertz CT molecular complexity index is 4320. The second-order valence-corrected chi connectivity index (χ2v) is 15.7. The summed E-state index contributed by atoms with van der Waals surface area (Å²) in [6.45, 7) is 0. The Hall–Kier alpha value is -7.99. The van der Waals surface area contributed by atoms with E-state index >= 15 is 0 Å². The molecule has 0 N–H and O–H groups in total. The van der Waals surface area contributed by atoms with E-state index in [-0.39, 0.29) is 33.3 Å². The third-order valence-electron chi connectivity index (χ3n) is 11.0. The maximum Gasteiger partial charge on any atom is 0.166 e. The van der Waals surface area contributed by atoms with Crippen LogP contribution >= 0.6 is 11.3 Å². The molecule has 0 amide bonds. The molecule has 3 aromatic heterocycles. The predicted molar refractivity (Wildman–Crippen MR) is 260 cm³/mol. The first-order valence-corrected chi connectivity index (χ1v) is 20.7. The summed E-state index contributed by atoms with van der Waals surface area (Å²) >= 11 is 1.65. The fraction of sp³-hybridized carbons (Fsp3) is 0. The van der Waals surface area contributed by atoms with Crippen LogP contribution in [0.2, 0.25) is 0 Å². The van der Waals surface area contributed by atoms with Crippen LogP contribution in [0.25, 0.3) is 115 Å². The highest BCUT2D eigenvalue weighted by Crippen LogP contribution is 2.43. The summed E-state index contributed by atoms with van der Waals surface area (Å²) in [6, 6.07) is 39.1. The van der Waals surface area contributed by atoms with Crippen LogP contribution in [-0.2, 0) is 0 Å². The fourth-order valence-corrected chi connectivity index (χ4v) is 9.29. The lowest BCUT2D eigenvalue weighted by Crippen LogP contribution is -2.05. The van der Waals surface area contributed by atoms with E-state index in [0.29, 0.717) is 39.5 Å². The minimum atomic E-state index is -0.706. The van der Waals surface area contributed by atoms with Gasteiger partial charge in [-0.3, -0.25) is 0 Å². The van der Waals surface area contributed by atoms with Crippen molar-refractivity contribution in [1.29, 1.82) is 0 Å². The van der Waals surface area contributed by atoms with Gasteiger partial charge in [-0.15, -0.1) is 11.3 Å². The van der Waals surface area contributed by atoms with Gasteiger partial charge in [-0.1, -0.05) is 176 Å². The van der Waals surface area contributed by atoms with Gasteiger partial charge in [-0.05, 0) is 70.2 Å². The molecule has 0 aliphatic rings. The van der Waals surface area contributed by atoms with Gasteiger partial charge in [0, 0.05) is 53.2 Å². The van der Waals surface area contributed by atoms with E-state index in [4.69, 9.17) is 24.5 Å². The van der Waals surface area contributed by atoms with Crippen LogP contribution in [0.5, 0.6) is 0 Å². The lowest BCUT2D eigenvalue weighted by Gasteiger charge is -2.19. The van der Waals surface area contributed by atoms with Crippen molar-refractivity contribution in [3.8, 4) is 73.2 Å². The molecule has 12 rings (SSSR count). The van der Waals surface area contributed by atoms with E-state index in [1.165, 1.54) is 4.57 Å². The van der Waals surface area contributed by atoms with E-state index < -0.39 is 83.6 Å². The summed E-state index contributed by atoms with van der Waals surface area (Å²) in [5.41, 5.74) is 3.71. The topological polar surface area (TPSA) is 43.6 Å². The number of para-hydroxylation sites is 2. The first-order valence-electron chi connectivity index (χ1n) is 25.9. The number of aromatic nitrogens is 4. The molecule has 290 valence electrons. The first-order chi connectivity index (χ1) is 35.7. The van der Waals surface area contributed by atoms with Crippen molar-refractivity contribution in [2.45, 2.75) is 0 Å². The third-order valence-corrected chi connectivity index (χ3v) is 12.1.